The van der Waals surface area contributed by atoms with Crippen LogP contribution in [0.5, 0.6) is 0 Å². The summed E-state index contributed by atoms with van der Waals surface area (Å²) in [6.07, 6.45) is 0. The summed E-state index contributed by atoms with van der Waals surface area (Å²) in [5.41, 5.74) is 12.4. The molecule has 3 heterocycles. The average molecular weight is 727 g/mol. The highest BCUT2D eigenvalue weighted by Gasteiger charge is 2.20. The van der Waals surface area contributed by atoms with Crippen molar-refractivity contribution in [2.75, 3.05) is 0 Å². The summed E-state index contributed by atoms with van der Waals surface area (Å²) in [7, 11) is 0. The number of hydrogen-bond donors (Lipinski definition) is 0. The summed E-state index contributed by atoms with van der Waals surface area (Å²) >= 11 is 0. The van der Waals surface area contributed by atoms with Crippen molar-refractivity contribution in [2.45, 2.75) is 0 Å². The first-order valence-electron chi connectivity index (χ1n) is 19.4. The zero-order chi connectivity index (χ0) is 37.2. The van der Waals surface area contributed by atoms with E-state index < -0.39 is 0 Å². The SMILES string of the molecule is c1ccc2c(c1)oc1cc3oc4cc5cc(-c6ccc(-c7c8ccccc8c(-c8cccc9oc%10ccccc%10c89)c8ccccc78)cc6)ccc5cc4c3cc12. The Morgan fingerprint density at radius 2 is 0.754 bits per heavy atom. The van der Waals surface area contributed by atoms with E-state index in [1.165, 1.54) is 60.3 Å². The Labute approximate surface area is 325 Å². The number of furan rings is 3. The molecule has 0 saturated carbocycles. The lowest BCUT2D eigenvalue weighted by Crippen LogP contribution is -1.91. The molecule has 0 amide bonds. The van der Waals surface area contributed by atoms with Gasteiger partial charge in [0, 0.05) is 38.4 Å². The van der Waals surface area contributed by atoms with Gasteiger partial charge in [0.05, 0.1) is 0 Å². The highest BCUT2D eigenvalue weighted by Crippen LogP contribution is 2.47. The van der Waals surface area contributed by atoms with E-state index in [1.54, 1.807) is 0 Å². The predicted molar refractivity (Wildman–Crippen MR) is 237 cm³/mol. The van der Waals surface area contributed by atoms with Gasteiger partial charge in [-0.1, -0.05) is 133 Å². The highest BCUT2D eigenvalue weighted by molar-refractivity contribution is 6.26. The van der Waals surface area contributed by atoms with Gasteiger partial charge in [-0.05, 0) is 108 Å². The molecule has 0 radical (unpaired) electrons. The molecule has 0 atom stereocenters. The monoisotopic (exact) mass is 726 g/mol. The van der Waals surface area contributed by atoms with Crippen molar-refractivity contribution in [3.8, 4) is 33.4 Å². The van der Waals surface area contributed by atoms with Crippen molar-refractivity contribution in [1.29, 1.82) is 0 Å². The minimum absolute atomic E-state index is 0.836. The summed E-state index contributed by atoms with van der Waals surface area (Å²) in [4.78, 5) is 0. The highest BCUT2D eigenvalue weighted by atomic mass is 16.3. The molecule has 264 valence electrons. The van der Waals surface area contributed by atoms with E-state index >= 15 is 0 Å². The molecule has 0 N–H and O–H groups in total. The maximum Gasteiger partial charge on any atom is 0.139 e. The zero-order valence-corrected chi connectivity index (χ0v) is 30.5. The fraction of sp³-hybridized carbons (Fsp3) is 0. The second-order valence-corrected chi connectivity index (χ2v) is 15.2. The maximum absolute atomic E-state index is 6.45. The Bertz CT molecular complexity index is 3740. The van der Waals surface area contributed by atoms with Crippen molar-refractivity contribution in [3.05, 3.63) is 182 Å². The summed E-state index contributed by atoms with van der Waals surface area (Å²) < 4.78 is 19.0. The van der Waals surface area contributed by atoms with E-state index in [9.17, 15) is 0 Å². The van der Waals surface area contributed by atoms with Crippen LogP contribution in [-0.2, 0) is 0 Å². The van der Waals surface area contributed by atoms with Crippen molar-refractivity contribution in [3.63, 3.8) is 0 Å². The van der Waals surface area contributed by atoms with Crippen LogP contribution in [-0.4, -0.2) is 0 Å². The quantitative estimate of drug-likeness (QED) is 0.170. The number of hydrogen-bond acceptors (Lipinski definition) is 3. The molecule has 0 aliphatic carbocycles. The number of rotatable bonds is 3. The Kier molecular flexibility index (Phi) is 6.16. The number of para-hydroxylation sites is 2. The molecule has 57 heavy (non-hydrogen) atoms. The first kappa shape index (κ1) is 30.7. The second-order valence-electron chi connectivity index (χ2n) is 15.2. The van der Waals surface area contributed by atoms with E-state index in [-0.39, 0.29) is 0 Å². The molecular formula is C54H30O3. The van der Waals surface area contributed by atoms with Gasteiger partial charge in [-0.15, -0.1) is 0 Å². The van der Waals surface area contributed by atoms with E-state index in [2.05, 4.69) is 158 Å². The molecule has 0 fully saturated rings. The number of fused-ring (bicyclic) bond motifs is 12. The molecule has 3 heteroatoms. The molecule has 0 unspecified atom stereocenters. The Morgan fingerprint density at radius 3 is 1.49 bits per heavy atom. The fourth-order valence-electron chi connectivity index (χ4n) is 9.46. The van der Waals surface area contributed by atoms with Crippen LogP contribution in [0.1, 0.15) is 0 Å². The van der Waals surface area contributed by atoms with Gasteiger partial charge in [0.1, 0.15) is 33.5 Å². The molecule has 0 aliphatic rings. The van der Waals surface area contributed by atoms with Crippen LogP contribution in [0.25, 0.3) is 132 Å². The molecule has 3 nitrogen and oxygen atoms in total. The summed E-state index contributed by atoms with van der Waals surface area (Å²) in [5.74, 6) is 0. The summed E-state index contributed by atoms with van der Waals surface area (Å²) in [6, 6.07) is 65.1. The van der Waals surface area contributed by atoms with Gasteiger partial charge in [-0.3, -0.25) is 0 Å². The number of benzene rings is 10. The van der Waals surface area contributed by atoms with Crippen LogP contribution < -0.4 is 0 Å². The normalized spacial score (nSPS) is 12.2. The Balaban J connectivity index is 0.934. The van der Waals surface area contributed by atoms with Crippen molar-refractivity contribution in [2.24, 2.45) is 0 Å². The van der Waals surface area contributed by atoms with Crippen LogP contribution in [0.15, 0.2) is 195 Å². The molecular weight excluding hydrogens is 697 g/mol. The van der Waals surface area contributed by atoms with Gasteiger partial charge in [-0.2, -0.15) is 0 Å². The first-order chi connectivity index (χ1) is 28.2. The van der Waals surface area contributed by atoms with Crippen molar-refractivity contribution < 1.29 is 13.3 Å². The molecule has 0 saturated heterocycles. The lowest BCUT2D eigenvalue weighted by molar-refractivity contribution is 0.656. The van der Waals surface area contributed by atoms with Gasteiger partial charge >= 0.3 is 0 Å². The fourth-order valence-corrected chi connectivity index (χ4v) is 9.46. The van der Waals surface area contributed by atoms with Gasteiger partial charge in [0.2, 0.25) is 0 Å². The lowest BCUT2D eigenvalue weighted by Gasteiger charge is -2.18. The third kappa shape index (κ3) is 4.42. The standard InChI is InChI=1S/C54H30O3/c1-3-13-39-37(11-1)52(38-12-2-4-14-40(38)53(39)42-16-9-19-48-54(42)41-15-6-8-18-47(41)55-48)32-22-20-31(21-23-32)33-24-25-34-27-43-45-29-44-36-10-5-7-17-46(36)56-50(44)30-51(45)57-49(43)28-35(34)26-33/h1-30H. The Morgan fingerprint density at radius 1 is 0.246 bits per heavy atom. The van der Waals surface area contributed by atoms with Crippen LogP contribution in [0.4, 0.5) is 0 Å². The molecule has 13 rings (SSSR count). The molecule has 3 aromatic heterocycles. The Hall–Kier alpha value is -7.62. The summed E-state index contributed by atoms with van der Waals surface area (Å²) in [5, 5.41) is 14.0. The van der Waals surface area contributed by atoms with Crippen molar-refractivity contribution in [1.82, 2.24) is 0 Å². The minimum atomic E-state index is 0.836. The molecule has 0 aliphatic heterocycles. The molecule has 0 spiro atoms. The van der Waals surface area contributed by atoms with E-state index in [4.69, 9.17) is 13.3 Å². The summed E-state index contributed by atoms with van der Waals surface area (Å²) in [6.45, 7) is 0. The van der Waals surface area contributed by atoms with Crippen molar-refractivity contribution >= 4 is 98.1 Å². The van der Waals surface area contributed by atoms with Gasteiger partial charge in [0.15, 0.2) is 0 Å². The van der Waals surface area contributed by atoms with Crippen LogP contribution in [0, 0.1) is 0 Å². The third-order valence-electron chi connectivity index (χ3n) is 12.0. The molecule has 10 aromatic carbocycles. The topological polar surface area (TPSA) is 39.4 Å². The predicted octanol–water partition coefficient (Wildman–Crippen LogP) is 15.8. The third-order valence-corrected chi connectivity index (χ3v) is 12.0. The van der Waals surface area contributed by atoms with Gasteiger partial charge in [-0.25, -0.2) is 0 Å². The van der Waals surface area contributed by atoms with Gasteiger partial charge < -0.3 is 13.3 Å². The maximum atomic E-state index is 6.45. The average Bonchev–Trinajstić information content (AvgIpc) is 3.94. The molecule has 13 aromatic rings. The smallest absolute Gasteiger partial charge is 0.139 e. The van der Waals surface area contributed by atoms with Crippen LogP contribution in [0.3, 0.4) is 0 Å². The van der Waals surface area contributed by atoms with E-state index in [0.717, 1.165) is 71.2 Å². The van der Waals surface area contributed by atoms with Gasteiger partial charge in [0.25, 0.3) is 0 Å². The molecule has 0 bridgehead atoms. The first-order valence-corrected chi connectivity index (χ1v) is 19.4. The largest absolute Gasteiger partial charge is 0.456 e. The lowest BCUT2D eigenvalue weighted by atomic mass is 9.84. The minimum Gasteiger partial charge on any atom is -0.456 e. The van der Waals surface area contributed by atoms with E-state index in [0.29, 0.717) is 0 Å². The van der Waals surface area contributed by atoms with Crippen LogP contribution in [0.2, 0.25) is 0 Å². The van der Waals surface area contributed by atoms with Crippen LogP contribution >= 0.6 is 0 Å². The van der Waals surface area contributed by atoms with E-state index in [1.807, 2.05) is 24.3 Å². The second kappa shape index (κ2) is 11.5. The zero-order valence-electron chi connectivity index (χ0n) is 30.5.